The molecule has 5 nitrogen and oxygen atoms in total. The fraction of sp³-hybridized carbons (Fsp3) is 0.0833. The molecule has 0 unspecified atom stereocenters. The van der Waals surface area contributed by atoms with Gasteiger partial charge in [0.1, 0.15) is 6.61 Å². The smallest absolute Gasteiger partial charge is 0.264 e. The monoisotopic (exact) mass is 620 g/mol. The van der Waals surface area contributed by atoms with Gasteiger partial charge in [-0.1, -0.05) is 30.3 Å². The molecular weight excluding hydrogens is 603 g/mol. The van der Waals surface area contributed by atoms with Gasteiger partial charge in [0.15, 0.2) is 16.7 Å². The summed E-state index contributed by atoms with van der Waals surface area (Å²) in [5, 5.41) is 3.37. The molecule has 1 fully saturated rings. The quantitative estimate of drug-likeness (QED) is 0.251. The molecule has 4 rings (SSSR count). The molecule has 3 aromatic rings. The molecule has 0 aliphatic carbocycles. The van der Waals surface area contributed by atoms with Crippen molar-refractivity contribution in [2.75, 3.05) is 7.11 Å². The first-order valence-corrected chi connectivity index (χ1v) is 12.3. The normalized spacial score (nSPS) is 15.8. The number of amidine groups is 1. The molecule has 0 saturated carbocycles. The van der Waals surface area contributed by atoms with Crippen molar-refractivity contribution in [2.24, 2.45) is 4.99 Å². The van der Waals surface area contributed by atoms with E-state index in [4.69, 9.17) is 9.47 Å². The second-order valence-corrected chi connectivity index (χ2v) is 9.90. The molecule has 1 amide bonds. The largest absolute Gasteiger partial charge is 0.493 e. The Morgan fingerprint density at radius 1 is 1.12 bits per heavy atom. The number of carbonyl (C=O) groups excluding carboxylic acids is 1. The van der Waals surface area contributed by atoms with Crippen LogP contribution in [0.25, 0.3) is 6.08 Å². The Kier molecular flexibility index (Phi) is 7.54. The van der Waals surface area contributed by atoms with Crippen LogP contribution in [0.2, 0.25) is 0 Å². The van der Waals surface area contributed by atoms with Gasteiger partial charge in [0.05, 0.1) is 22.2 Å². The van der Waals surface area contributed by atoms with Crippen molar-refractivity contribution >= 4 is 73.1 Å². The van der Waals surface area contributed by atoms with Crippen LogP contribution in [0.15, 0.2) is 81.1 Å². The van der Waals surface area contributed by atoms with Gasteiger partial charge in [-0.15, -0.1) is 0 Å². The van der Waals surface area contributed by atoms with E-state index in [1.54, 1.807) is 7.11 Å². The third-order valence-electron chi connectivity index (χ3n) is 4.48. The van der Waals surface area contributed by atoms with E-state index in [1.165, 1.54) is 11.8 Å². The predicted molar refractivity (Wildman–Crippen MR) is 141 cm³/mol. The van der Waals surface area contributed by atoms with E-state index in [2.05, 4.69) is 48.8 Å². The summed E-state index contributed by atoms with van der Waals surface area (Å²) in [6.45, 7) is 0.423. The molecule has 0 atom stereocenters. The van der Waals surface area contributed by atoms with Crippen LogP contribution in [0.4, 0.5) is 5.69 Å². The van der Waals surface area contributed by atoms with E-state index in [0.717, 1.165) is 24.9 Å². The molecule has 1 aliphatic heterocycles. The Morgan fingerprint density at radius 3 is 2.59 bits per heavy atom. The summed E-state index contributed by atoms with van der Waals surface area (Å²) in [5.41, 5.74) is 2.67. The summed E-state index contributed by atoms with van der Waals surface area (Å²) in [7, 11) is 1.59. The minimum Gasteiger partial charge on any atom is -0.493 e. The van der Waals surface area contributed by atoms with Crippen molar-refractivity contribution in [3.63, 3.8) is 0 Å². The number of hydrogen-bond acceptors (Lipinski definition) is 5. The Bertz CT molecular complexity index is 1200. The lowest BCUT2D eigenvalue weighted by Crippen LogP contribution is -2.19. The van der Waals surface area contributed by atoms with Gasteiger partial charge >= 0.3 is 0 Å². The minimum absolute atomic E-state index is 0.182. The zero-order chi connectivity index (χ0) is 22.5. The number of hydrogen-bond donors (Lipinski definition) is 1. The maximum absolute atomic E-state index is 12.4. The average Bonchev–Trinajstić information content (AvgIpc) is 3.13. The molecule has 0 spiro atoms. The van der Waals surface area contributed by atoms with Crippen LogP contribution in [0.5, 0.6) is 11.5 Å². The second kappa shape index (κ2) is 10.5. The lowest BCUT2D eigenvalue weighted by molar-refractivity contribution is -0.115. The van der Waals surface area contributed by atoms with Crippen molar-refractivity contribution in [3.8, 4) is 11.5 Å². The van der Waals surface area contributed by atoms with Gasteiger partial charge in [0, 0.05) is 3.57 Å². The SMILES string of the molecule is COc1cc(/C=C2/SC(=Nc3ccc(I)cc3)NC2=O)cc(Br)c1OCc1ccccc1. The van der Waals surface area contributed by atoms with Crippen molar-refractivity contribution in [3.05, 3.63) is 90.8 Å². The van der Waals surface area contributed by atoms with Crippen LogP contribution in [0.3, 0.4) is 0 Å². The Balaban J connectivity index is 1.53. The number of ether oxygens (including phenoxy) is 2. The van der Waals surface area contributed by atoms with Crippen molar-refractivity contribution < 1.29 is 14.3 Å². The van der Waals surface area contributed by atoms with Gasteiger partial charge in [0.2, 0.25) is 0 Å². The first-order valence-electron chi connectivity index (χ1n) is 9.61. The molecule has 0 bridgehead atoms. The van der Waals surface area contributed by atoms with E-state index in [1.807, 2.05) is 72.8 Å². The average molecular weight is 621 g/mol. The highest BCUT2D eigenvalue weighted by atomic mass is 127. The zero-order valence-electron chi connectivity index (χ0n) is 17.0. The molecule has 1 saturated heterocycles. The first-order chi connectivity index (χ1) is 15.5. The minimum atomic E-state index is -0.182. The van der Waals surface area contributed by atoms with Crippen LogP contribution in [0.1, 0.15) is 11.1 Å². The summed E-state index contributed by atoms with van der Waals surface area (Å²) in [6.07, 6.45) is 1.81. The Labute approximate surface area is 212 Å². The summed E-state index contributed by atoms with van der Waals surface area (Å²) in [6, 6.07) is 21.5. The number of nitrogens with zero attached hydrogens (tertiary/aromatic N) is 1. The van der Waals surface area contributed by atoms with E-state index < -0.39 is 0 Å². The lowest BCUT2D eigenvalue weighted by Gasteiger charge is -2.13. The predicted octanol–water partition coefficient (Wildman–Crippen LogP) is 6.53. The highest BCUT2D eigenvalue weighted by Crippen LogP contribution is 2.38. The summed E-state index contributed by atoms with van der Waals surface area (Å²) < 4.78 is 13.4. The number of thioether (sulfide) groups is 1. The number of rotatable bonds is 6. The fourth-order valence-corrected chi connectivity index (χ4v) is 4.73. The molecule has 0 aromatic heterocycles. The summed E-state index contributed by atoms with van der Waals surface area (Å²) >= 11 is 7.12. The Morgan fingerprint density at radius 2 is 1.88 bits per heavy atom. The fourth-order valence-electron chi connectivity index (χ4n) is 2.96. The molecule has 1 N–H and O–H groups in total. The van der Waals surface area contributed by atoms with Gasteiger partial charge in [-0.2, -0.15) is 0 Å². The van der Waals surface area contributed by atoms with Crippen molar-refractivity contribution in [1.82, 2.24) is 5.32 Å². The van der Waals surface area contributed by atoms with E-state index >= 15 is 0 Å². The maximum Gasteiger partial charge on any atom is 0.264 e. The second-order valence-electron chi connectivity index (χ2n) is 6.77. The maximum atomic E-state index is 12.4. The third-order valence-corrected chi connectivity index (χ3v) is 6.70. The summed E-state index contributed by atoms with van der Waals surface area (Å²) in [5.74, 6) is 1.01. The lowest BCUT2D eigenvalue weighted by atomic mass is 10.2. The van der Waals surface area contributed by atoms with Gasteiger partial charge < -0.3 is 14.8 Å². The number of nitrogens with one attached hydrogen (secondary N) is 1. The molecular formula is C24H18BrIN2O3S. The van der Waals surface area contributed by atoms with Crippen LogP contribution < -0.4 is 14.8 Å². The number of amides is 1. The van der Waals surface area contributed by atoms with Crippen LogP contribution >= 0.6 is 50.3 Å². The third kappa shape index (κ3) is 5.73. The molecule has 1 aliphatic rings. The van der Waals surface area contributed by atoms with E-state index in [0.29, 0.717) is 28.2 Å². The molecule has 3 aromatic carbocycles. The standard InChI is InChI=1S/C24H18BrIN2O3S/c1-30-20-12-16(11-19(25)22(20)31-14-15-5-3-2-4-6-15)13-21-23(29)28-24(32-21)27-18-9-7-17(26)8-10-18/h2-13H,14H2,1H3,(H,27,28,29)/b21-13+. The topological polar surface area (TPSA) is 59.9 Å². The molecule has 1 heterocycles. The van der Waals surface area contributed by atoms with Crippen LogP contribution in [0, 0.1) is 3.57 Å². The molecule has 8 heteroatoms. The van der Waals surface area contributed by atoms with Crippen LogP contribution in [-0.2, 0) is 11.4 Å². The Hall–Kier alpha value is -2.30. The van der Waals surface area contributed by atoms with Crippen molar-refractivity contribution in [2.45, 2.75) is 6.61 Å². The number of aliphatic imine (C=N–C) groups is 1. The zero-order valence-corrected chi connectivity index (χ0v) is 21.5. The molecule has 32 heavy (non-hydrogen) atoms. The van der Waals surface area contributed by atoms with E-state index in [-0.39, 0.29) is 5.91 Å². The number of benzene rings is 3. The molecule has 0 radical (unpaired) electrons. The number of halogens is 2. The van der Waals surface area contributed by atoms with Gasteiger partial charge in [0.25, 0.3) is 5.91 Å². The number of carbonyl (C=O) groups is 1. The summed E-state index contributed by atoms with van der Waals surface area (Å²) in [4.78, 5) is 17.5. The van der Waals surface area contributed by atoms with Gasteiger partial charge in [-0.25, -0.2) is 4.99 Å². The van der Waals surface area contributed by atoms with Crippen LogP contribution in [-0.4, -0.2) is 18.2 Å². The van der Waals surface area contributed by atoms with E-state index in [9.17, 15) is 4.79 Å². The first kappa shape index (κ1) is 22.9. The molecule has 162 valence electrons. The highest BCUT2D eigenvalue weighted by Gasteiger charge is 2.24. The van der Waals surface area contributed by atoms with Gasteiger partial charge in [-0.3, -0.25) is 4.79 Å². The highest BCUT2D eigenvalue weighted by molar-refractivity contribution is 14.1. The van der Waals surface area contributed by atoms with Crippen molar-refractivity contribution in [1.29, 1.82) is 0 Å². The van der Waals surface area contributed by atoms with Gasteiger partial charge in [-0.05, 0) is 104 Å². The number of methoxy groups -OCH3 is 1.